The molecule has 0 heterocycles. The topological polar surface area (TPSA) is 92.3 Å². The molecule has 0 aliphatic rings. The molecule has 0 radical (unpaired) electrons. The lowest BCUT2D eigenvalue weighted by atomic mass is 10.1. The van der Waals surface area contributed by atoms with Crippen LogP contribution in [0.2, 0.25) is 0 Å². The van der Waals surface area contributed by atoms with Gasteiger partial charge in [-0.3, -0.25) is 4.79 Å². The maximum absolute atomic E-state index is 13.2. The molecule has 0 spiro atoms. The Balaban J connectivity index is 1.58. The molecule has 4 rings (SSSR count). The highest BCUT2D eigenvalue weighted by Crippen LogP contribution is 2.34. The molecule has 4 aromatic carbocycles. The van der Waals surface area contributed by atoms with Gasteiger partial charge in [0.05, 0.1) is 39.7 Å². The van der Waals surface area contributed by atoms with Crippen LogP contribution in [0.3, 0.4) is 0 Å². The van der Waals surface area contributed by atoms with E-state index in [0.717, 1.165) is 10.8 Å². The lowest BCUT2D eigenvalue weighted by Gasteiger charge is -2.16. The first-order valence-electron chi connectivity index (χ1n) is 11.4. The summed E-state index contributed by atoms with van der Waals surface area (Å²) in [5.41, 5.74) is 1.38. The maximum atomic E-state index is 13.2. The van der Waals surface area contributed by atoms with E-state index in [-0.39, 0.29) is 17.9 Å². The number of carbonyl (C=O) groups excluding carboxylic acids is 2. The smallest absolute Gasteiger partial charge is 0.340 e. The molecule has 8 heteroatoms. The Labute approximate surface area is 214 Å². The average molecular weight is 502 g/mol. The summed E-state index contributed by atoms with van der Waals surface area (Å²) < 4.78 is 26.9. The van der Waals surface area contributed by atoms with Gasteiger partial charge in [0.15, 0.2) is 11.5 Å². The van der Waals surface area contributed by atoms with E-state index in [0.29, 0.717) is 34.1 Å². The molecule has 8 nitrogen and oxygen atoms in total. The molecule has 1 amide bonds. The molecule has 190 valence electrons. The number of esters is 1. The third-order valence-electron chi connectivity index (χ3n) is 5.84. The van der Waals surface area contributed by atoms with Crippen LogP contribution in [0.5, 0.6) is 23.0 Å². The first-order chi connectivity index (χ1) is 18.0. The van der Waals surface area contributed by atoms with Crippen molar-refractivity contribution in [2.24, 2.45) is 0 Å². The zero-order chi connectivity index (χ0) is 26.4. The third-order valence-corrected chi connectivity index (χ3v) is 5.84. The van der Waals surface area contributed by atoms with Crippen molar-refractivity contribution in [3.8, 4) is 23.0 Å². The maximum Gasteiger partial charge on any atom is 0.340 e. The fourth-order valence-electron chi connectivity index (χ4n) is 3.91. The molecule has 0 aromatic heterocycles. The molecular weight excluding hydrogens is 474 g/mol. The normalized spacial score (nSPS) is 10.5. The number of rotatable bonds is 9. The molecule has 0 fully saturated rings. The monoisotopic (exact) mass is 501 g/mol. The van der Waals surface area contributed by atoms with Crippen LogP contribution in [-0.4, -0.2) is 40.3 Å². The fraction of sp³-hybridized carbons (Fsp3) is 0.172. The minimum absolute atomic E-state index is 0.127. The highest BCUT2D eigenvalue weighted by Gasteiger charge is 2.20. The summed E-state index contributed by atoms with van der Waals surface area (Å²) in [7, 11) is 5.74. The molecule has 0 atom stereocenters. The van der Waals surface area contributed by atoms with E-state index in [1.54, 1.807) is 25.3 Å². The molecular formula is C29H27NO7. The minimum Gasteiger partial charge on any atom is -0.496 e. The van der Waals surface area contributed by atoms with Gasteiger partial charge in [0.2, 0.25) is 0 Å². The predicted octanol–water partition coefficient (Wildman–Crippen LogP) is 5.48. The van der Waals surface area contributed by atoms with Crippen molar-refractivity contribution in [1.29, 1.82) is 0 Å². The largest absolute Gasteiger partial charge is 0.496 e. The van der Waals surface area contributed by atoms with Crippen LogP contribution in [0.25, 0.3) is 10.8 Å². The molecule has 37 heavy (non-hydrogen) atoms. The van der Waals surface area contributed by atoms with Crippen LogP contribution in [0.1, 0.15) is 26.3 Å². The molecule has 4 aromatic rings. The third kappa shape index (κ3) is 5.59. The van der Waals surface area contributed by atoms with Crippen molar-refractivity contribution in [1.82, 2.24) is 0 Å². The van der Waals surface area contributed by atoms with E-state index < -0.39 is 11.9 Å². The summed E-state index contributed by atoms with van der Waals surface area (Å²) in [6.07, 6.45) is 0. The van der Waals surface area contributed by atoms with Crippen LogP contribution in [0.15, 0.2) is 72.8 Å². The molecule has 0 aliphatic heterocycles. The number of methoxy groups -OCH3 is 4. The second-order valence-electron chi connectivity index (χ2n) is 8.02. The van der Waals surface area contributed by atoms with E-state index in [4.69, 9.17) is 23.7 Å². The summed E-state index contributed by atoms with van der Waals surface area (Å²) in [4.78, 5) is 25.5. The Hall–Kier alpha value is -4.72. The zero-order valence-corrected chi connectivity index (χ0v) is 21.0. The number of amides is 1. The number of nitrogens with one attached hydrogen (secondary N) is 1. The Morgan fingerprint density at radius 2 is 1.43 bits per heavy atom. The van der Waals surface area contributed by atoms with E-state index >= 15 is 0 Å². The standard InChI is InChI=1S/C29H27NO7/c1-33-25-12-10-20(13-21(25)17-37-22-11-9-18-7-5-6-8-19(18)14-22)28(31)30-24-16-27(35-3)26(34-2)15-23(24)29(32)36-4/h5-16H,17H2,1-4H3,(H,30,31). The Morgan fingerprint density at radius 3 is 2.14 bits per heavy atom. The van der Waals surface area contributed by atoms with Crippen LogP contribution in [0.4, 0.5) is 5.69 Å². The summed E-state index contributed by atoms with van der Waals surface area (Å²) in [5, 5.41) is 4.95. The van der Waals surface area contributed by atoms with Crippen LogP contribution >= 0.6 is 0 Å². The molecule has 0 aliphatic carbocycles. The van der Waals surface area contributed by atoms with Crippen LogP contribution in [-0.2, 0) is 11.3 Å². The summed E-state index contributed by atoms with van der Waals surface area (Å²) >= 11 is 0. The number of benzene rings is 4. The van der Waals surface area contributed by atoms with Gasteiger partial charge in [-0.15, -0.1) is 0 Å². The minimum atomic E-state index is -0.629. The molecule has 0 saturated carbocycles. The predicted molar refractivity (Wildman–Crippen MR) is 140 cm³/mol. The highest BCUT2D eigenvalue weighted by molar-refractivity contribution is 6.08. The number of hydrogen-bond donors (Lipinski definition) is 1. The molecule has 0 bridgehead atoms. The van der Waals surface area contributed by atoms with Gasteiger partial charge in [0, 0.05) is 23.3 Å². The van der Waals surface area contributed by atoms with Crippen molar-refractivity contribution in [3.05, 3.63) is 89.5 Å². The van der Waals surface area contributed by atoms with Gasteiger partial charge < -0.3 is 29.0 Å². The van der Waals surface area contributed by atoms with E-state index in [2.05, 4.69) is 5.32 Å². The average Bonchev–Trinajstić information content (AvgIpc) is 2.94. The second-order valence-corrected chi connectivity index (χ2v) is 8.02. The van der Waals surface area contributed by atoms with Gasteiger partial charge in [-0.05, 0) is 41.1 Å². The van der Waals surface area contributed by atoms with E-state index in [1.165, 1.54) is 33.5 Å². The fourth-order valence-corrected chi connectivity index (χ4v) is 3.91. The summed E-state index contributed by atoms with van der Waals surface area (Å²) in [5.74, 6) is 0.896. The first-order valence-corrected chi connectivity index (χ1v) is 11.4. The number of ether oxygens (including phenoxy) is 5. The Bertz CT molecular complexity index is 1450. The van der Waals surface area contributed by atoms with E-state index in [9.17, 15) is 9.59 Å². The Kier molecular flexibility index (Phi) is 7.78. The molecule has 0 saturated heterocycles. The van der Waals surface area contributed by atoms with Crippen molar-refractivity contribution in [2.75, 3.05) is 33.8 Å². The van der Waals surface area contributed by atoms with Gasteiger partial charge in [0.1, 0.15) is 18.1 Å². The second kappa shape index (κ2) is 11.3. The van der Waals surface area contributed by atoms with Gasteiger partial charge in [0.25, 0.3) is 5.91 Å². The number of fused-ring (bicyclic) bond motifs is 1. The lowest BCUT2D eigenvalue weighted by Crippen LogP contribution is -2.16. The van der Waals surface area contributed by atoms with Gasteiger partial charge in [-0.2, -0.15) is 0 Å². The SMILES string of the molecule is COC(=O)c1cc(OC)c(OC)cc1NC(=O)c1ccc(OC)c(COc2ccc3ccccc3c2)c1. The van der Waals surface area contributed by atoms with Gasteiger partial charge in [-0.1, -0.05) is 30.3 Å². The van der Waals surface area contributed by atoms with Crippen molar-refractivity contribution >= 4 is 28.3 Å². The Morgan fingerprint density at radius 1 is 0.730 bits per heavy atom. The number of anilines is 1. The van der Waals surface area contributed by atoms with E-state index in [1.807, 2.05) is 42.5 Å². The quantitative estimate of drug-likeness (QED) is 0.304. The molecule has 0 unspecified atom stereocenters. The van der Waals surface area contributed by atoms with Crippen molar-refractivity contribution < 1.29 is 33.3 Å². The van der Waals surface area contributed by atoms with Crippen LogP contribution < -0.4 is 24.3 Å². The zero-order valence-electron chi connectivity index (χ0n) is 21.0. The molecule has 1 N–H and O–H groups in total. The van der Waals surface area contributed by atoms with Crippen LogP contribution in [0, 0.1) is 0 Å². The van der Waals surface area contributed by atoms with Gasteiger partial charge in [-0.25, -0.2) is 4.79 Å². The summed E-state index contributed by atoms with van der Waals surface area (Å²) in [6.45, 7) is 0.187. The van der Waals surface area contributed by atoms with Gasteiger partial charge >= 0.3 is 5.97 Å². The highest BCUT2D eigenvalue weighted by atomic mass is 16.5. The summed E-state index contributed by atoms with van der Waals surface area (Å²) in [6, 6.07) is 21.9. The van der Waals surface area contributed by atoms with Crippen molar-refractivity contribution in [3.63, 3.8) is 0 Å². The number of carbonyl (C=O) groups is 2. The number of hydrogen-bond acceptors (Lipinski definition) is 7. The van der Waals surface area contributed by atoms with Crippen molar-refractivity contribution in [2.45, 2.75) is 6.61 Å². The lowest BCUT2D eigenvalue weighted by molar-refractivity contribution is 0.0601. The first kappa shape index (κ1) is 25.4.